The van der Waals surface area contributed by atoms with Crippen LogP contribution in [0.25, 0.3) is 0 Å². The van der Waals surface area contributed by atoms with E-state index in [1.807, 2.05) is 44.2 Å². The van der Waals surface area contributed by atoms with Crippen molar-refractivity contribution in [2.45, 2.75) is 43.1 Å². The smallest absolute Gasteiger partial charge is 0.270 e. The molecule has 0 bridgehead atoms. The quantitative estimate of drug-likeness (QED) is 0.312. The van der Waals surface area contributed by atoms with Gasteiger partial charge in [-0.05, 0) is 81.7 Å². The maximum absolute atomic E-state index is 14.8. The second-order valence-electron chi connectivity index (χ2n) is 11.2. The lowest BCUT2D eigenvalue weighted by atomic mass is 9.72. The van der Waals surface area contributed by atoms with Gasteiger partial charge in [-0.2, -0.15) is 0 Å². The molecule has 0 aromatic heterocycles. The minimum Gasteiger partial charge on any atom is -0.495 e. The summed E-state index contributed by atoms with van der Waals surface area (Å²) in [6.07, 6.45) is 1.06. The Hall–Kier alpha value is -3.11. The molecule has 3 aromatic carbocycles. The van der Waals surface area contributed by atoms with Gasteiger partial charge in [-0.25, -0.2) is 12.7 Å². The van der Waals surface area contributed by atoms with Crippen molar-refractivity contribution in [2.24, 2.45) is 0 Å². The van der Waals surface area contributed by atoms with Crippen LogP contribution in [-0.4, -0.2) is 77.1 Å². The number of fused-ring (bicyclic) bond motifs is 1. The second-order valence-corrected chi connectivity index (χ2v) is 13.4. The highest BCUT2D eigenvalue weighted by Gasteiger charge is 2.56. The molecule has 3 aromatic rings. The average molecular weight is 612 g/mol. The average Bonchev–Trinajstić information content (AvgIpc) is 3.21. The van der Waals surface area contributed by atoms with Crippen LogP contribution in [0.1, 0.15) is 37.8 Å². The van der Waals surface area contributed by atoms with E-state index in [0.717, 1.165) is 42.6 Å². The van der Waals surface area contributed by atoms with Gasteiger partial charge in [0.25, 0.3) is 15.9 Å². The maximum Gasteiger partial charge on any atom is 0.270 e. The van der Waals surface area contributed by atoms with Crippen molar-refractivity contribution >= 4 is 33.2 Å². The van der Waals surface area contributed by atoms with Crippen molar-refractivity contribution in [2.75, 3.05) is 51.2 Å². The molecule has 0 saturated carbocycles. The summed E-state index contributed by atoms with van der Waals surface area (Å²) < 4.78 is 40.7. The van der Waals surface area contributed by atoms with Crippen LogP contribution in [-0.2, 0) is 20.2 Å². The van der Waals surface area contributed by atoms with Gasteiger partial charge in [0.1, 0.15) is 16.9 Å². The number of piperazine rings is 1. The van der Waals surface area contributed by atoms with Gasteiger partial charge in [0, 0.05) is 32.2 Å². The van der Waals surface area contributed by atoms with Crippen molar-refractivity contribution in [1.82, 2.24) is 9.80 Å². The first-order chi connectivity index (χ1) is 20.1. The number of anilines is 1. The van der Waals surface area contributed by atoms with Crippen LogP contribution in [0, 0.1) is 0 Å². The van der Waals surface area contributed by atoms with E-state index in [-0.39, 0.29) is 16.7 Å². The highest BCUT2D eigenvalue weighted by atomic mass is 35.5. The SMILES string of the molecule is COc1cc2c(cc1Cl)C(CCCN1CCN(C)CC1)(c1ccccc1)C(=O)N2S(=O)(=O)c1ccc(OC(C)C)cc1. The Morgan fingerprint density at radius 1 is 0.976 bits per heavy atom. The Labute approximate surface area is 253 Å². The molecule has 1 saturated heterocycles. The summed E-state index contributed by atoms with van der Waals surface area (Å²) in [6.45, 7) is 8.51. The molecule has 2 heterocycles. The van der Waals surface area contributed by atoms with Crippen LogP contribution in [0.15, 0.2) is 71.6 Å². The number of likely N-dealkylation sites (N-methyl/N-ethyl adjacent to an activating group) is 1. The summed E-state index contributed by atoms with van der Waals surface area (Å²) in [6, 6.07) is 18.9. The molecular formula is C32H38ClN3O5S. The van der Waals surface area contributed by atoms with Gasteiger partial charge in [-0.1, -0.05) is 41.9 Å². The minimum absolute atomic E-state index is 0.00637. The molecule has 1 unspecified atom stereocenters. The fraction of sp³-hybridized carbons (Fsp3) is 0.406. The molecule has 5 rings (SSSR count). The molecule has 1 atom stereocenters. The monoisotopic (exact) mass is 611 g/mol. The van der Waals surface area contributed by atoms with Crippen LogP contribution < -0.4 is 13.8 Å². The summed E-state index contributed by atoms with van der Waals surface area (Å²) in [5, 5.41) is 0.317. The molecule has 42 heavy (non-hydrogen) atoms. The first-order valence-electron chi connectivity index (χ1n) is 14.3. The van der Waals surface area contributed by atoms with Crippen molar-refractivity contribution in [3.63, 3.8) is 0 Å². The molecule has 2 aliphatic rings. The van der Waals surface area contributed by atoms with E-state index in [4.69, 9.17) is 21.1 Å². The first-order valence-corrected chi connectivity index (χ1v) is 16.1. The standard InChI is InChI=1S/C32H38ClN3O5S/c1-23(2)41-25-11-13-26(14-12-25)42(38,39)36-29-22-30(40-4)28(33)21-27(29)32(31(36)37,24-9-6-5-7-10-24)15-8-16-35-19-17-34(3)18-20-35/h5-7,9-14,21-23H,8,15-20H2,1-4H3. The summed E-state index contributed by atoms with van der Waals surface area (Å²) in [7, 11) is -0.713. The molecule has 2 aliphatic heterocycles. The summed E-state index contributed by atoms with van der Waals surface area (Å²) in [5.41, 5.74) is 0.306. The number of nitrogens with zero attached hydrogens (tertiary/aromatic N) is 3. The first kappa shape index (κ1) is 30.4. The van der Waals surface area contributed by atoms with E-state index in [9.17, 15) is 13.2 Å². The lowest BCUT2D eigenvalue weighted by molar-refractivity contribution is -0.121. The van der Waals surface area contributed by atoms with Crippen LogP contribution in [0.5, 0.6) is 11.5 Å². The van der Waals surface area contributed by atoms with E-state index in [1.165, 1.54) is 19.2 Å². The van der Waals surface area contributed by atoms with Gasteiger partial charge in [0.15, 0.2) is 0 Å². The molecule has 10 heteroatoms. The minimum atomic E-state index is -4.30. The highest BCUT2D eigenvalue weighted by Crippen LogP contribution is 2.53. The molecule has 0 spiro atoms. The van der Waals surface area contributed by atoms with Gasteiger partial charge in [-0.15, -0.1) is 0 Å². The number of benzene rings is 3. The van der Waals surface area contributed by atoms with Gasteiger partial charge >= 0.3 is 0 Å². The lowest BCUT2D eigenvalue weighted by Gasteiger charge is -2.34. The Balaban J connectivity index is 1.60. The van der Waals surface area contributed by atoms with Gasteiger partial charge in [0.05, 0.1) is 28.8 Å². The van der Waals surface area contributed by atoms with E-state index in [2.05, 4.69) is 16.8 Å². The number of methoxy groups -OCH3 is 1. The predicted molar refractivity (Wildman–Crippen MR) is 165 cm³/mol. The molecular weight excluding hydrogens is 574 g/mol. The second kappa shape index (κ2) is 12.2. The normalized spacial score (nSPS) is 19.8. The fourth-order valence-electron chi connectivity index (χ4n) is 5.94. The molecule has 1 fully saturated rings. The number of ether oxygens (including phenoxy) is 2. The van der Waals surface area contributed by atoms with Gasteiger partial charge in [0.2, 0.25) is 0 Å². The van der Waals surface area contributed by atoms with E-state index in [0.29, 0.717) is 34.9 Å². The van der Waals surface area contributed by atoms with Crippen molar-refractivity contribution in [1.29, 1.82) is 0 Å². The topological polar surface area (TPSA) is 79.4 Å². The maximum atomic E-state index is 14.8. The zero-order chi connectivity index (χ0) is 30.1. The number of carbonyl (C=O) groups is 1. The summed E-state index contributed by atoms with van der Waals surface area (Å²) in [4.78, 5) is 19.5. The van der Waals surface area contributed by atoms with Crippen LogP contribution >= 0.6 is 11.6 Å². The largest absolute Gasteiger partial charge is 0.495 e. The summed E-state index contributed by atoms with van der Waals surface area (Å²) >= 11 is 6.65. The third-order valence-electron chi connectivity index (χ3n) is 8.12. The molecule has 1 amide bonds. The third kappa shape index (κ3) is 5.63. The van der Waals surface area contributed by atoms with Crippen molar-refractivity contribution < 1.29 is 22.7 Å². The molecule has 0 radical (unpaired) electrons. The van der Waals surface area contributed by atoms with E-state index >= 15 is 0 Å². The Kier molecular flexibility index (Phi) is 8.85. The number of carbonyl (C=O) groups excluding carboxylic acids is 1. The number of hydrogen-bond donors (Lipinski definition) is 0. The highest BCUT2D eigenvalue weighted by molar-refractivity contribution is 7.93. The molecule has 0 N–H and O–H groups in total. The van der Waals surface area contributed by atoms with Crippen LogP contribution in [0.2, 0.25) is 5.02 Å². The summed E-state index contributed by atoms with van der Waals surface area (Å²) in [5.74, 6) is 0.326. The zero-order valence-electron chi connectivity index (χ0n) is 24.5. The predicted octanol–water partition coefficient (Wildman–Crippen LogP) is 5.19. The fourth-order valence-corrected chi connectivity index (χ4v) is 7.66. The third-order valence-corrected chi connectivity index (χ3v) is 10.1. The number of amides is 1. The van der Waals surface area contributed by atoms with Gasteiger partial charge < -0.3 is 19.3 Å². The number of rotatable bonds is 10. The lowest BCUT2D eigenvalue weighted by Crippen LogP contribution is -2.46. The molecule has 8 nitrogen and oxygen atoms in total. The van der Waals surface area contributed by atoms with E-state index < -0.39 is 21.3 Å². The van der Waals surface area contributed by atoms with Crippen LogP contribution in [0.4, 0.5) is 5.69 Å². The zero-order valence-corrected chi connectivity index (χ0v) is 26.1. The number of sulfonamides is 1. The molecule has 0 aliphatic carbocycles. The Bertz CT molecular complexity index is 1520. The van der Waals surface area contributed by atoms with Gasteiger partial charge in [-0.3, -0.25) is 4.79 Å². The van der Waals surface area contributed by atoms with Crippen molar-refractivity contribution in [3.05, 3.63) is 82.9 Å². The molecule has 224 valence electrons. The van der Waals surface area contributed by atoms with Crippen LogP contribution in [0.3, 0.4) is 0 Å². The van der Waals surface area contributed by atoms with Crippen molar-refractivity contribution in [3.8, 4) is 11.5 Å². The Morgan fingerprint density at radius 3 is 2.26 bits per heavy atom. The van der Waals surface area contributed by atoms with E-state index in [1.54, 1.807) is 24.3 Å². The Morgan fingerprint density at radius 2 is 1.64 bits per heavy atom. The number of halogens is 1. The number of hydrogen-bond acceptors (Lipinski definition) is 7.